The lowest BCUT2D eigenvalue weighted by Gasteiger charge is -2.12. The van der Waals surface area contributed by atoms with Crippen molar-refractivity contribution in [2.75, 3.05) is 13.2 Å². The summed E-state index contributed by atoms with van der Waals surface area (Å²) < 4.78 is 11.6. The summed E-state index contributed by atoms with van der Waals surface area (Å²) in [6.45, 7) is 8.09. The number of aromatic nitrogens is 2. The van der Waals surface area contributed by atoms with E-state index in [4.69, 9.17) is 9.47 Å². The Morgan fingerprint density at radius 2 is 1.41 bits per heavy atom. The normalized spacial score (nSPS) is 12.1. The van der Waals surface area contributed by atoms with Crippen LogP contribution >= 0.6 is 0 Å². The predicted octanol–water partition coefficient (Wildman–Crippen LogP) is 7.80. The van der Waals surface area contributed by atoms with Gasteiger partial charge in [-0.1, -0.05) is 58.8 Å². The molecule has 0 aliphatic rings. The number of rotatable bonds is 18. The van der Waals surface area contributed by atoms with Gasteiger partial charge in [-0.2, -0.15) is 0 Å². The summed E-state index contributed by atoms with van der Waals surface area (Å²) in [7, 11) is 0. The molecule has 4 nitrogen and oxygen atoms in total. The first-order valence-corrected chi connectivity index (χ1v) is 12.9. The zero-order valence-electron chi connectivity index (χ0n) is 20.7. The third-order valence-electron chi connectivity index (χ3n) is 5.77. The van der Waals surface area contributed by atoms with E-state index in [2.05, 4.69) is 30.7 Å². The highest BCUT2D eigenvalue weighted by molar-refractivity contribution is 5.55. The van der Waals surface area contributed by atoms with Gasteiger partial charge in [-0.25, -0.2) is 9.97 Å². The Balaban J connectivity index is 1.65. The van der Waals surface area contributed by atoms with Crippen molar-refractivity contribution < 1.29 is 9.47 Å². The Bertz CT molecular complexity index is 700. The van der Waals surface area contributed by atoms with Gasteiger partial charge in [-0.3, -0.25) is 0 Å². The van der Waals surface area contributed by atoms with E-state index in [0.29, 0.717) is 12.7 Å². The highest BCUT2D eigenvalue weighted by Crippen LogP contribution is 2.20. The van der Waals surface area contributed by atoms with Crippen LogP contribution < -0.4 is 4.74 Å². The molecule has 0 radical (unpaired) electrons. The molecule has 0 fully saturated rings. The van der Waals surface area contributed by atoms with Gasteiger partial charge in [0.05, 0.1) is 12.7 Å². The summed E-state index contributed by atoms with van der Waals surface area (Å²) in [4.78, 5) is 9.16. The molecule has 0 saturated carbocycles. The average molecular weight is 441 g/mol. The van der Waals surface area contributed by atoms with Gasteiger partial charge in [0.2, 0.25) is 0 Å². The molecular weight excluding hydrogens is 396 g/mol. The molecule has 0 spiro atoms. The van der Waals surface area contributed by atoms with Crippen LogP contribution in [0.1, 0.15) is 97.0 Å². The van der Waals surface area contributed by atoms with Crippen LogP contribution in [-0.4, -0.2) is 29.3 Å². The van der Waals surface area contributed by atoms with Gasteiger partial charge >= 0.3 is 0 Å². The molecule has 0 bridgehead atoms. The maximum absolute atomic E-state index is 5.87. The second-order valence-corrected chi connectivity index (χ2v) is 8.84. The van der Waals surface area contributed by atoms with Crippen LogP contribution in [0, 0.1) is 0 Å². The number of nitrogens with zero attached hydrogens (tertiary/aromatic N) is 2. The number of benzene rings is 1. The van der Waals surface area contributed by atoms with Crippen LogP contribution in [0.4, 0.5) is 0 Å². The molecule has 0 aliphatic carbocycles. The Labute approximate surface area is 196 Å². The van der Waals surface area contributed by atoms with Crippen molar-refractivity contribution in [2.45, 2.75) is 104 Å². The van der Waals surface area contributed by atoms with Crippen LogP contribution in [-0.2, 0) is 11.2 Å². The number of ether oxygens (including phenoxy) is 2. The minimum Gasteiger partial charge on any atom is -0.494 e. The zero-order chi connectivity index (χ0) is 22.9. The maximum Gasteiger partial charge on any atom is 0.159 e. The van der Waals surface area contributed by atoms with Gasteiger partial charge in [0.1, 0.15) is 5.75 Å². The third-order valence-corrected chi connectivity index (χ3v) is 5.77. The maximum atomic E-state index is 5.87. The molecule has 0 saturated heterocycles. The van der Waals surface area contributed by atoms with Crippen LogP contribution in [0.5, 0.6) is 5.75 Å². The molecule has 32 heavy (non-hydrogen) atoms. The average Bonchev–Trinajstić information content (AvgIpc) is 2.83. The van der Waals surface area contributed by atoms with Crippen molar-refractivity contribution in [3.05, 3.63) is 42.2 Å². The van der Waals surface area contributed by atoms with E-state index in [1.165, 1.54) is 56.9 Å². The zero-order valence-corrected chi connectivity index (χ0v) is 20.7. The monoisotopic (exact) mass is 440 g/mol. The van der Waals surface area contributed by atoms with Crippen LogP contribution in [0.2, 0.25) is 0 Å². The molecule has 0 N–H and O–H groups in total. The first kappa shape index (κ1) is 26.3. The van der Waals surface area contributed by atoms with Crippen molar-refractivity contribution in [1.82, 2.24) is 9.97 Å². The molecule has 1 unspecified atom stereocenters. The molecule has 178 valence electrons. The Kier molecular flexibility index (Phi) is 13.7. The van der Waals surface area contributed by atoms with Crippen molar-refractivity contribution >= 4 is 0 Å². The van der Waals surface area contributed by atoms with Gasteiger partial charge < -0.3 is 9.47 Å². The largest absolute Gasteiger partial charge is 0.494 e. The van der Waals surface area contributed by atoms with Crippen molar-refractivity contribution in [1.29, 1.82) is 0 Å². The minimum absolute atomic E-state index is 0.302. The summed E-state index contributed by atoms with van der Waals surface area (Å²) in [5.74, 6) is 1.67. The standard InChI is InChI=1S/C28H44N2O2/c1-4-6-7-8-9-10-11-12-15-25-22-29-28(30-23-25)26-16-18-27(19-17-26)32-21-13-14-24(3)31-20-5-2/h16-19,22-24H,4-15,20-21H2,1-3H3. The van der Waals surface area contributed by atoms with Crippen LogP contribution in [0.3, 0.4) is 0 Å². The lowest BCUT2D eigenvalue weighted by atomic mass is 10.1. The second-order valence-electron chi connectivity index (χ2n) is 8.84. The van der Waals surface area contributed by atoms with Crippen molar-refractivity contribution in [3.63, 3.8) is 0 Å². The quantitative estimate of drug-likeness (QED) is 0.222. The number of hydrogen-bond acceptors (Lipinski definition) is 4. The minimum atomic E-state index is 0.302. The number of aryl methyl sites for hydroxylation is 1. The highest BCUT2D eigenvalue weighted by atomic mass is 16.5. The molecule has 1 heterocycles. The van der Waals surface area contributed by atoms with E-state index in [0.717, 1.165) is 49.4 Å². The predicted molar refractivity (Wildman–Crippen MR) is 134 cm³/mol. The van der Waals surface area contributed by atoms with E-state index in [1.54, 1.807) is 0 Å². The first-order chi connectivity index (χ1) is 15.7. The lowest BCUT2D eigenvalue weighted by Crippen LogP contribution is -2.10. The molecule has 2 aromatic rings. The van der Waals surface area contributed by atoms with Crippen LogP contribution in [0.15, 0.2) is 36.7 Å². The Hall–Kier alpha value is -1.94. The summed E-state index contributed by atoms with van der Waals surface area (Å²) in [6.07, 6.45) is 19.2. The first-order valence-electron chi connectivity index (χ1n) is 12.9. The van der Waals surface area contributed by atoms with E-state index >= 15 is 0 Å². The fourth-order valence-electron chi connectivity index (χ4n) is 3.76. The molecule has 0 aliphatic heterocycles. The molecular formula is C28H44N2O2. The molecule has 4 heteroatoms. The summed E-state index contributed by atoms with van der Waals surface area (Å²) in [5, 5.41) is 0. The Morgan fingerprint density at radius 3 is 2.06 bits per heavy atom. The highest BCUT2D eigenvalue weighted by Gasteiger charge is 2.04. The van der Waals surface area contributed by atoms with E-state index < -0.39 is 0 Å². The van der Waals surface area contributed by atoms with Crippen molar-refractivity contribution in [3.8, 4) is 17.1 Å². The second kappa shape index (κ2) is 16.7. The molecule has 2 rings (SSSR count). The molecule has 1 atom stereocenters. The van der Waals surface area contributed by atoms with E-state index in [9.17, 15) is 0 Å². The molecule has 0 amide bonds. The Morgan fingerprint density at radius 1 is 0.750 bits per heavy atom. The summed E-state index contributed by atoms with van der Waals surface area (Å²) >= 11 is 0. The molecule has 1 aromatic heterocycles. The lowest BCUT2D eigenvalue weighted by molar-refractivity contribution is 0.0566. The number of unbranched alkanes of at least 4 members (excludes halogenated alkanes) is 7. The van der Waals surface area contributed by atoms with Gasteiger partial charge in [-0.15, -0.1) is 0 Å². The van der Waals surface area contributed by atoms with Crippen LogP contribution in [0.25, 0.3) is 11.4 Å². The van der Waals surface area contributed by atoms with E-state index in [-0.39, 0.29) is 0 Å². The van der Waals surface area contributed by atoms with Gasteiger partial charge in [0.25, 0.3) is 0 Å². The topological polar surface area (TPSA) is 44.2 Å². The summed E-state index contributed by atoms with van der Waals surface area (Å²) in [6, 6.07) is 8.08. The fourth-order valence-corrected chi connectivity index (χ4v) is 3.76. The van der Waals surface area contributed by atoms with Crippen molar-refractivity contribution in [2.24, 2.45) is 0 Å². The molecule has 1 aromatic carbocycles. The fraction of sp³-hybridized carbons (Fsp3) is 0.643. The summed E-state index contributed by atoms with van der Waals surface area (Å²) in [5.41, 5.74) is 2.26. The van der Waals surface area contributed by atoms with Gasteiger partial charge in [-0.05, 0) is 68.9 Å². The van der Waals surface area contributed by atoms with E-state index in [1.807, 2.05) is 36.7 Å². The van der Waals surface area contributed by atoms with Gasteiger partial charge in [0, 0.05) is 24.6 Å². The van der Waals surface area contributed by atoms with Gasteiger partial charge in [0.15, 0.2) is 5.82 Å². The SMILES string of the molecule is CCCCCCCCCCc1cnc(-c2ccc(OCCCC(C)OCCC)cc2)nc1. The third kappa shape index (κ3) is 11.1. The number of hydrogen-bond donors (Lipinski definition) is 0. The smallest absolute Gasteiger partial charge is 0.159 e.